The summed E-state index contributed by atoms with van der Waals surface area (Å²) in [5.41, 5.74) is 0.563. The van der Waals surface area contributed by atoms with Crippen LogP contribution in [0.2, 0.25) is 0 Å². The molecular weight excluding hydrogens is 386 g/mol. The Balaban J connectivity index is 1.47. The molecule has 0 N–H and O–H groups in total. The SMILES string of the molecule is C[C@H]1C[C@H](C)CN(C(=O)CN2CCN(C(=O)c3coc(Br)c3)CC2)C1. The van der Waals surface area contributed by atoms with Crippen LogP contribution >= 0.6 is 15.9 Å². The molecular formula is C18H26BrN3O3. The predicted octanol–water partition coefficient (Wildman–Crippen LogP) is 2.30. The van der Waals surface area contributed by atoms with Crippen LogP contribution in [0, 0.1) is 11.8 Å². The number of likely N-dealkylation sites (tertiary alicyclic amines) is 1. The van der Waals surface area contributed by atoms with Gasteiger partial charge in [0, 0.05) is 45.3 Å². The zero-order chi connectivity index (χ0) is 18.0. The van der Waals surface area contributed by atoms with Gasteiger partial charge in [-0.25, -0.2) is 0 Å². The van der Waals surface area contributed by atoms with Crippen LogP contribution in [0.3, 0.4) is 0 Å². The number of piperazine rings is 1. The third-order valence-electron chi connectivity index (χ3n) is 5.05. The maximum absolute atomic E-state index is 12.6. The van der Waals surface area contributed by atoms with Crippen LogP contribution in [-0.4, -0.2) is 72.3 Å². The number of hydrogen-bond donors (Lipinski definition) is 0. The number of nitrogens with zero attached hydrogens (tertiary/aromatic N) is 3. The summed E-state index contributed by atoms with van der Waals surface area (Å²) in [6.45, 7) is 9.38. The molecule has 2 aliphatic rings. The molecule has 2 aliphatic heterocycles. The maximum atomic E-state index is 12.6. The quantitative estimate of drug-likeness (QED) is 0.765. The molecule has 2 fully saturated rings. The fraction of sp³-hybridized carbons (Fsp3) is 0.667. The molecule has 0 aromatic carbocycles. The molecule has 7 heteroatoms. The number of piperidine rings is 1. The van der Waals surface area contributed by atoms with E-state index in [0.29, 0.717) is 41.7 Å². The van der Waals surface area contributed by atoms with Crippen molar-refractivity contribution in [3.63, 3.8) is 0 Å². The second-order valence-corrected chi connectivity index (χ2v) is 8.23. The number of rotatable bonds is 3. The van der Waals surface area contributed by atoms with Gasteiger partial charge in [0.05, 0.1) is 12.1 Å². The monoisotopic (exact) mass is 411 g/mol. The average molecular weight is 412 g/mol. The van der Waals surface area contributed by atoms with E-state index in [1.807, 2.05) is 9.80 Å². The summed E-state index contributed by atoms with van der Waals surface area (Å²) in [7, 11) is 0. The van der Waals surface area contributed by atoms with Crippen LogP contribution in [0.15, 0.2) is 21.4 Å². The van der Waals surface area contributed by atoms with Crippen molar-refractivity contribution >= 4 is 27.7 Å². The molecule has 3 rings (SSSR count). The van der Waals surface area contributed by atoms with Gasteiger partial charge in [-0.2, -0.15) is 0 Å². The van der Waals surface area contributed by atoms with Gasteiger partial charge >= 0.3 is 0 Å². The lowest BCUT2D eigenvalue weighted by molar-refractivity contribution is -0.135. The molecule has 1 aromatic heterocycles. The van der Waals surface area contributed by atoms with Crippen LogP contribution in [0.1, 0.15) is 30.6 Å². The van der Waals surface area contributed by atoms with E-state index in [9.17, 15) is 9.59 Å². The minimum absolute atomic E-state index is 0.0147. The van der Waals surface area contributed by atoms with Gasteiger partial charge in [0.15, 0.2) is 4.67 Å². The molecule has 0 radical (unpaired) electrons. The Labute approximate surface area is 157 Å². The molecule has 0 saturated carbocycles. The molecule has 3 heterocycles. The van der Waals surface area contributed by atoms with Gasteiger partial charge in [-0.05, 0) is 34.2 Å². The second-order valence-electron chi connectivity index (χ2n) is 7.45. The number of furan rings is 1. The summed E-state index contributed by atoms with van der Waals surface area (Å²) in [5, 5.41) is 0. The van der Waals surface area contributed by atoms with Gasteiger partial charge < -0.3 is 14.2 Å². The number of carbonyl (C=O) groups excluding carboxylic acids is 2. The fourth-order valence-electron chi connectivity index (χ4n) is 3.87. The summed E-state index contributed by atoms with van der Waals surface area (Å²) in [6.07, 6.45) is 2.68. The second kappa shape index (κ2) is 7.91. The predicted molar refractivity (Wildman–Crippen MR) is 98.3 cm³/mol. The van der Waals surface area contributed by atoms with Gasteiger partial charge in [0.25, 0.3) is 5.91 Å². The van der Waals surface area contributed by atoms with Gasteiger partial charge in [-0.15, -0.1) is 0 Å². The Morgan fingerprint density at radius 3 is 2.32 bits per heavy atom. The minimum Gasteiger partial charge on any atom is -0.457 e. The van der Waals surface area contributed by atoms with Crippen molar-refractivity contribution in [3.05, 3.63) is 22.6 Å². The van der Waals surface area contributed by atoms with E-state index in [0.717, 1.165) is 26.2 Å². The van der Waals surface area contributed by atoms with Crippen LogP contribution < -0.4 is 0 Å². The highest BCUT2D eigenvalue weighted by atomic mass is 79.9. The van der Waals surface area contributed by atoms with Crippen LogP contribution in [0.4, 0.5) is 0 Å². The van der Waals surface area contributed by atoms with Crippen molar-refractivity contribution in [3.8, 4) is 0 Å². The van der Waals surface area contributed by atoms with Crippen molar-refractivity contribution in [2.75, 3.05) is 45.8 Å². The van der Waals surface area contributed by atoms with Crippen molar-refractivity contribution in [1.82, 2.24) is 14.7 Å². The highest BCUT2D eigenvalue weighted by molar-refractivity contribution is 9.10. The molecule has 6 nitrogen and oxygen atoms in total. The maximum Gasteiger partial charge on any atom is 0.257 e. The first-order valence-electron chi connectivity index (χ1n) is 8.96. The highest BCUT2D eigenvalue weighted by Gasteiger charge is 2.28. The third kappa shape index (κ3) is 4.64. The molecule has 2 saturated heterocycles. The molecule has 138 valence electrons. The smallest absolute Gasteiger partial charge is 0.257 e. The largest absolute Gasteiger partial charge is 0.457 e. The summed E-state index contributed by atoms with van der Waals surface area (Å²) in [4.78, 5) is 31.0. The molecule has 1 aromatic rings. The fourth-order valence-corrected chi connectivity index (χ4v) is 4.21. The minimum atomic E-state index is -0.0147. The topological polar surface area (TPSA) is 57.0 Å². The lowest BCUT2D eigenvalue weighted by Gasteiger charge is -2.38. The van der Waals surface area contributed by atoms with E-state index in [2.05, 4.69) is 34.7 Å². The summed E-state index contributed by atoms with van der Waals surface area (Å²) < 4.78 is 5.70. The summed E-state index contributed by atoms with van der Waals surface area (Å²) >= 11 is 3.22. The molecule has 2 amide bonds. The van der Waals surface area contributed by atoms with E-state index in [1.165, 1.54) is 12.7 Å². The van der Waals surface area contributed by atoms with Crippen molar-refractivity contribution in [1.29, 1.82) is 0 Å². The van der Waals surface area contributed by atoms with E-state index >= 15 is 0 Å². The standard InChI is InChI=1S/C18H26BrN3O3/c1-13-7-14(2)10-22(9-13)17(23)11-20-3-5-21(6-4-20)18(24)15-8-16(19)25-12-15/h8,12-14H,3-7,9-11H2,1-2H3/t13-,14-/m0/s1. The van der Waals surface area contributed by atoms with Crippen molar-refractivity contribution in [2.45, 2.75) is 20.3 Å². The zero-order valence-corrected chi connectivity index (χ0v) is 16.5. The lowest BCUT2D eigenvalue weighted by Crippen LogP contribution is -2.53. The molecule has 0 aliphatic carbocycles. The summed E-state index contributed by atoms with van der Waals surface area (Å²) in [5.74, 6) is 1.36. The van der Waals surface area contributed by atoms with E-state index in [-0.39, 0.29) is 11.8 Å². The number of amides is 2. The Bertz CT molecular complexity index is 615. The van der Waals surface area contributed by atoms with E-state index in [4.69, 9.17) is 4.42 Å². The van der Waals surface area contributed by atoms with E-state index in [1.54, 1.807) is 6.07 Å². The molecule has 0 spiro atoms. The van der Waals surface area contributed by atoms with Crippen LogP contribution in [-0.2, 0) is 4.79 Å². The van der Waals surface area contributed by atoms with Crippen molar-refractivity contribution in [2.24, 2.45) is 11.8 Å². The Morgan fingerprint density at radius 2 is 1.76 bits per heavy atom. The first-order chi connectivity index (χ1) is 11.9. The normalized spacial score (nSPS) is 25.2. The zero-order valence-electron chi connectivity index (χ0n) is 14.9. The molecule has 0 unspecified atom stereocenters. The van der Waals surface area contributed by atoms with Crippen LogP contribution in [0.25, 0.3) is 0 Å². The van der Waals surface area contributed by atoms with Crippen molar-refractivity contribution < 1.29 is 14.0 Å². The Kier molecular flexibility index (Phi) is 5.84. The van der Waals surface area contributed by atoms with Gasteiger partial charge in [-0.3, -0.25) is 14.5 Å². The summed E-state index contributed by atoms with van der Waals surface area (Å²) in [6, 6.07) is 1.69. The molecule has 2 atom stereocenters. The average Bonchev–Trinajstić information content (AvgIpc) is 3.00. The Morgan fingerprint density at radius 1 is 1.12 bits per heavy atom. The van der Waals surface area contributed by atoms with Gasteiger partial charge in [0.1, 0.15) is 6.26 Å². The highest BCUT2D eigenvalue weighted by Crippen LogP contribution is 2.21. The number of hydrogen-bond acceptors (Lipinski definition) is 4. The first-order valence-corrected chi connectivity index (χ1v) is 9.75. The van der Waals surface area contributed by atoms with Crippen LogP contribution in [0.5, 0.6) is 0 Å². The number of halogens is 1. The lowest BCUT2D eigenvalue weighted by atomic mass is 9.92. The van der Waals surface area contributed by atoms with E-state index < -0.39 is 0 Å². The first kappa shape index (κ1) is 18.5. The third-order valence-corrected chi connectivity index (χ3v) is 5.47. The van der Waals surface area contributed by atoms with Gasteiger partial charge in [-0.1, -0.05) is 13.8 Å². The van der Waals surface area contributed by atoms with Gasteiger partial charge in [0.2, 0.25) is 5.91 Å². The molecule has 25 heavy (non-hydrogen) atoms. The molecule has 0 bridgehead atoms. The Hall–Kier alpha value is -1.34. The number of carbonyl (C=O) groups is 2.